The number of hydrogen-bond acceptors (Lipinski definition) is 7. The summed E-state index contributed by atoms with van der Waals surface area (Å²) < 4.78 is 5.48. The Morgan fingerprint density at radius 2 is 1.50 bits per heavy atom. The molecule has 15 nitrogen and oxygen atoms in total. The summed E-state index contributed by atoms with van der Waals surface area (Å²) in [6.07, 6.45) is 2.25. The fourth-order valence-electron chi connectivity index (χ4n) is 6.25. The number of alkyl carbamates (subject to hydrolysis) is 1. The third-order valence-electron chi connectivity index (χ3n) is 9.33. The number of urea groups is 1. The molecule has 0 aliphatic heterocycles. The molecule has 0 aliphatic carbocycles. The Balaban J connectivity index is 1.45. The predicted octanol–water partition coefficient (Wildman–Crippen LogP) is 4.45. The van der Waals surface area contributed by atoms with Gasteiger partial charge in [-0.15, -0.1) is 0 Å². The number of para-hydroxylation sites is 2. The van der Waals surface area contributed by atoms with Crippen LogP contribution in [0.2, 0.25) is 0 Å². The van der Waals surface area contributed by atoms with Gasteiger partial charge in [-0.05, 0) is 75.8 Å². The van der Waals surface area contributed by atoms with Crippen molar-refractivity contribution < 1.29 is 33.5 Å². The van der Waals surface area contributed by atoms with E-state index in [4.69, 9.17) is 10.5 Å². The number of carbonyl (C=O) groups excluding carboxylic acids is 6. The summed E-state index contributed by atoms with van der Waals surface area (Å²) in [5, 5.41) is 14.7. The quantitative estimate of drug-likeness (QED) is 0.0676. The number of nitrogens with one attached hydrogen (secondary N) is 6. The van der Waals surface area contributed by atoms with Gasteiger partial charge in [-0.3, -0.25) is 19.2 Å². The molecule has 0 saturated heterocycles. The zero-order chi connectivity index (χ0) is 42.2. The molecule has 3 atom stereocenters. The van der Waals surface area contributed by atoms with Crippen molar-refractivity contribution in [1.82, 2.24) is 31.2 Å². The Morgan fingerprint density at radius 1 is 0.810 bits per heavy atom. The second-order valence-corrected chi connectivity index (χ2v) is 15.2. The van der Waals surface area contributed by atoms with E-state index < -0.39 is 53.4 Å². The lowest BCUT2D eigenvalue weighted by Crippen LogP contribution is -2.55. The minimum atomic E-state index is -1.12. The van der Waals surface area contributed by atoms with E-state index in [1.165, 1.54) is 11.9 Å². The highest BCUT2D eigenvalue weighted by Crippen LogP contribution is 2.20. The summed E-state index contributed by atoms with van der Waals surface area (Å²) in [5.74, 6) is -2.24. The normalized spacial score (nSPS) is 12.7. The molecule has 4 aromatic rings. The number of primary amides is 1. The maximum atomic E-state index is 14.1. The zero-order valence-electron chi connectivity index (χ0n) is 33.9. The van der Waals surface area contributed by atoms with Crippen molar-refractivity contribution in [2.45, 2.75) is 89.9 Å². The number of fused-ring (bicyclic) bond motifs is 1. The van der Waals surface area contributed by atoms with E-state index in [1.807, 2.05) is 79.7 Å². The van der Waals surface area contributed by atoms with E-state index in [9.17, 15) is 28.8 Å². The number of likely N-dealkylation sites (N-methyl/N-ethyl adjacent to an activating group) is 1. The molecule has 0 spiro atoms. The van der Waals surface area contributed by atoms with Gasteiger partial charge in [0.15, 0.2) is 0 Å². The summed E-state index contributed by atoms with van der Waals surface area (Å²) in [5.41, 5.74) is 8.81. The Labute approximate surface area is 339 Å². The summed E-state index contributed by atoms with van der Waals surface area (Å²) >= 11 is 0. The smallest absolute Gasteiger partial charge is 0.408 e. The molecule has 58 heavy (non-hydrogen) atoms. The van der Waals surface area contributed by atoms with Gasteiger partial charge in [0.1, 0.15) is 23.7 Å². The van der Waals surface area contributed by atoms with Crippen LogP contribution >= 0.6 is 0 Å². The monoisotopic (exact) mass is 796 g/mol. The van der Waals surface area contributed by atoms with E-state index in [2.05, 4.69) is 31.6 Å². The van der Waals surface area contributed by atoms with Gasteiger partial charge in [0.25, 0.3) is 0 Å². The number of H-pyrrole nitrogens is 1. The van der Waals surface area contributed by atoms with Crippen molar-refractivity contribution in [2.75, 3.05) is 25.5 Å². The number of benzene rings is 3. The SMILES string of the molecule is Cc1ccccc1NC(=O)NCCCC[C@H](NC(=O)[C@H](Cc1c[nH]c2ccccc12)NC(=O)OC(C)(C)C)C(=O)N(C)CCC(=O)N[C@@H](Cc1ccccc1)C(N)=O. The summed E-state index contributed by atoms with van der Waals surface area (Å²) in [6.45, 7) is 7.31. The molecule has 310 valence electrons. The highest BCUT2D eigenvalue weighted by Gasteiger charge is 2.31. The fourth-order valence-corrected chi connectivity index (χ4v) is 6.25. The predicted molar refractivity (Wildman–Crippen MR) is 223 cm³/mol. The van der Waals surface area contributed by atoms with Gasteiger partial charge in [0.05, 0.1) is 0 Å². The number of ether oxygens (including phenoxy) is 1. The number of nitrogens with zero attached hydrogens (tertiary/aromatic N) is 1. The molecule has 0 aliphatic rings. The first kappa shape index (κ1) is 44.3. The van der Waals surface area contributed by atoms with Gasteiger partial charge in [-0.25, -0.2) is 9.59 Å². The first-order valence-corrected chi connectivity index (χ1v) is 19.4. The van der Waals surface area contributed by atoms with Crippen molar-refractivity contribution in [3.63, 3.8) is 0 Å². The number of unbranched alkanes of at least 4 members (excludes halogenated alkanes) is 1. The molecule has 3 aromatic carbocycles. The first-order valence-electron chi connectivity index (χ1n) is 19.4. The minimum absolute atomic E-state index is 0.0244. The van der Waals surface area contributed by atoms with Crippen LogP contribution in [0.1, 0.15) is 63.1 Å². The van der Waals surface area contributed by atoms with Crippen molar-refractivity contribution in [3.05, 3.63) is 102 Å². The van der Waals surface area contributed by atoms with Gasteiger partial charge >= 0.3 is 12.1 Å². The molecule has 1 heterocycles. The second-order valence-electron chi connectivity index (χ2n) is 15.2. The standard InChI is InChI=1S/C43H56N8O7/c1-28-15-9-11-19-32(28)49-41(56)45-23-14-13-21-34(40(55)51(5)24-22-37(52)47-35(38(44)53)25-29-16-7-6-8-17-29)48-39(54)36(50-42(57)58-43(2,3)4)26-30-27-46-33-20-12-10-18-31(30)33/h6-12,15-20,27,34-36,46H,13-14,21-26H2,1-5H3,(H2,44,53)(H,47,52)(H,48,54)(H,50,57)(H2,45,49,56)/t34-,35-,36-/m0/s1. The van der Waals surface area contributed by atoms with Crippen LogP contribution in [-0.2, 0) is 36.8 Å². The van der Waals surface area contributed by atoms with Crippen LogP contribution in [-0.4, -0.2) is 89.5 Å². The molecule has 15 heteroatoms. The average molecular weight is 797 g/mol. The lowest BCUT2D eigenvalue weighted by molar-refractivity contribution is -0.136. The van der Waals surface area contributed by atoms with Crippen LogP contribution in [0.3, 0.4) is 0 Å². The highest BCUT2D eigenvalue weighted by atomic mass is 16.6. The number of aryl methyl sites for hydroxylation is 1. The summed E-state index contributed by atoms with van der Waals surface area (Å²) in [4.78, 5) is 83.3. The van der Waals surface area contributed by atoms with Gasteiger partial charge in [-0.1, -0.05) is 66.7 Å². The van der Waals surface area contributed by atoms with Crippen LogP contribution in [0, 0.1) is 6.92 Å². The molecule has 7 amide bonds. The Bertz CT molecular complexity index is 2030. The van der Waals surface area contributed by atoms with Crippen LogP contribution in [0.25, 0.3) is 10.9 Å². The minimum Gasteiger partial charge on any atom is -0.444 e. The number of rotatable bonds is 19. The maximum absolute atomic E-state index is 14.1. The maximum Gasteiger partial charge on any atom is 0.408 e. The number of aromatic nitrogens is 1. The van der Waals surface area contributed by atoms with Crippen molar-refractivity contribution in [2.24, 2.45) is 5.73 Å². The molecule has 4 rings (SSSR count). The van der Waals surface area contributed by atoms with Gasteiger partial charge in [0, 0.05) is 62.2 Å². The van der Waals surface area contributed by atoms with Gasteiger partial charge < -0.3 is 46.9 Å². The van der Waals surface area contributed by atoms with Crippen LogP contribution in [0.4, 0.5) is 15.3 Å². The van der Waals surface area contributed by atoms with Crippen LogP contribution in [0.5, 0.6) is 0 Å². The molecule has 8 N–H and O–H groups in total. The summed E-state index contributed by atoms with van der Waals surface area (Å²) in [7, 11) is 1.52. The molecular formula is C43H56N8O7. The fraction of sp³-hybridized carbons (Fsp3) is 0.395. The lowest BCUT2D eigenvalue weighted by atomic mass is 10.0. The molecule has 0 unspecified atom stereocenters. The number of hydrogen-bond donors (Lipinski definition) is 7. The van der Waals surface area contributed by atoms with E-state index >= 15 is 0 Å². The lowest BCUT2D eigenvalue weighted by Gasteiger charge is -2.27. The Hall–Kier alpha value is -6.38. The second kappa shape index (κ2) is 21.2. The number of aromatic amines is 1. The molecule has 0 bridgehead atoms. The van der Waals surface area contributed by atoms with Gasteiger partial charge in [-0.2, -0.15) is 0 Å². The largest absolute Gasteiger partial charge is 0.444 e. The Kier molecular flexibility index (Phi) is 16.2. The van der Waals surface area contributed by atoms with Gasteiger partial charge in [0.2, 0.25) is 23.6 Å². The van der Waals surface area contributed by atoms with Crippen molar-refractivity contribution in [1.29, 1.82) is 0 Å². The molecule has 0 saturated carbocycles. The number of anilines is 1. The van der Waals surface area contributed by atoms with Crippen molar-refractivity contribution in [3.8, 4) is 0 Å². The van der Waals surface area contributed by atoms with Crippen LogP contribution < -0.4 is 32.3 Å². The third kappa shape index (κ3) is 14.3. The number of amides is 7. The topological polar surface area (TPSA) is 217 Å². The molecule has 0 fully saturated rings. The highest BCUT2D eigenvalue weighted by molar-refractivity contribution is 5.93. The third-order valence-corrected chi connectivity index (χ3v) is 9.33. The van der Waals surface area contributed by atoms with Crippen molar-refractivity contribution >= 4 is 52.3 Å². The van der Waals surface area contributed by atoms with E-state index in [0.29, 0.717) is 25.1 Å². The van der Waals surface area contributed by atoms with Crippen LogP contribution in [0.15, 0.2) is 85.1 Å². The number of carbonyl (C=O) groups is 6. The number of nitrogens with two attached hydrogens (primary N) is 1. The van der Waals surface area contributed by atoms with E-state index in [0.717, 1.165) is 27.6 Å². The average Bonchev–Trinajstić information content (AvgIpc) is 3.58. The summed E-state index contributed by atoms with van der Waals surface area (Å²) in [6, 6.07) is 20.6. The van der Waals surface area contributed by atoms with E-state index in [1.54, 1.807) is 33.0 Å². The van der Waals surface area contributed by atoms with E-state index in [-0.39, 0.29) is 38.3 Å². The molecule has 0 radical (unpaired) electrons. The Morgan fingerprint density at radius 3 is 2.21 bits per heavy atom. The zero-order valence-corrected chi connectivity index (χ0v) is 33.9. The first-order chi connectivity index (χ1) is 27.6. The molecule has 1 aromatic heterocycles. The molecular weight excluding hydrogens is 741 g/mol.